The highest BCUT2D eigenvalue weighted by Gasteiger charge is 2.28. The van der Waals surface area contributed by atoms with Gasteiger partial charge in [0, 0.05) is 18.3 Å². The van der Waals surface area contributed by atoms with Gasteiger partial charge in [0.25, 0.3) is 5.91 Å². The fraction of sp³-hybridized carbons (Fsp3) is 0.316. The van der Waals surface area contributed by atoms with Crippen molar-refractivity contribution in [1.29, 1.82) is 0 Å². The van der Waals surface area contributed by atoms with Crippen LogP contribution in [0.2, 0.25) is 0 Å². The number of ether oxygens (including phenoxy) is 2. The van der Waals surface area contributed by atoms with Crippen molar-refractivity contribution in [2.45, 2.75) is 13.3 Å². The van der Waals surface area contributed by atoms with Crippen molar-refractivity contribution in [2.24, 2.45) is 0 Å². The lowest BCUT2D eigenvalue weighted by Gasteiger charge is -2.19. The van der Waals surface area contributed by atoms with Crippen LogP contribution in [-0.2, 0) is 14.8 Å². The molecule has 0 saturated carbocycles. The van der Waals surface area contributed by atoms with Crippen molar-refractivity contribution in [3.8, 4) is 11.5 Å². The second-order valence-corrected chi connectivity index (χ2v) is 8.27. The van der Waals surface area contributed by atoms with Crippen molar-refractivity contribution >= 4 is 27.3 Å². The number of nitrogens with one attached hydrogen (secondary N) is 1. The van der Waals surface area contributed by atoms with E-state index in [0.29, 0.717) is 35.8 Å². The summed E-state index contributed by atoms with van der Waals surface area (Å²) in [6.07, 6.45) is 0.603. The third-order valence-electron chi connectivity index (χ3n) is 4.29. The van der Waals surface area contributed by atoms with E-state index in [1.807, 2.05) is 6.92 Å². The molecule has 0 spiro atoms. The SMILES string of the molecule is COc1cccc(OCC(=O)Nc2cc(N3CCCS3(=O)=O)ccc2C)c1. The van der Waals surface area contributed by atoms with Gasteiger partial charge in [-0.25, -0.2) is 8.42 Å². The van der Waals surface area contributed by atoms with Crippen molar-refractivity contribution in [1.82, 2.24) is 0 Å². The lowest BCUT2D eigenvalue weighted by molar-refractivity contribution is -0.118. The normalized spacial score (nSPS) is 15.4. The zero-order valence-corrected chi connectivity index (χ0v) is 16.1. The van der Waals surface area contributed by atoms with Crippen molar-refractivity contribution in [3.05, 3.63) is 48.0 Å². The molecule has 1 heterocycles. The first-order chi connectivity index (χ1) is 12.9. The van der Waals surface area contributed by atoms with Gasteiger partial charge in [-0.15, -0.1) is 0 Å². The maximum absolute atomic E-state index is 12.3. The van der Waals surface area contributed by atoms with Crippen LogP contribution in [0.25, 0.3) is 0 Å². The molecule has 144 valence electrons. The maximum atomic E-state index is 12.3. The summed E-state index contributed by atoms with van der Waals surface area (Å²) in [4.78, 5) is 12.3. The number of hydrogen-bond donors (Lipinski definition) is 1. The summed E-state index contributed by atoms with van der Waals surface area (Å²) in [6, 6.07) is 12.2. The minimum Gasteiger partial charge on any atom is -0.497 e. The van der Waals surface area contributed by atoms with E-state index in [1.54, 1.807) is 49.6 Å². The molecule has 1 fully saturated rings. The number of carbonyl (C=O) groups excluding carboxylic acids is 1. The minimum atomic E-state index is -3.27. The van der Waals surface area contributed by atoms with E-state index in [1.165, 1.54) is 4.31 Å². The minimum absolute atomic E-state index is 0.150. The van der Waals surface area contributed by atoms with Crippen LogP contribution in [0.15, 0.2) is 42.5 Å². The first-order valence-corrected chi connectivity index (χ1v) is 10.2. The molecule has 0 atom stereocenters. The predicted octanol–water partition coefficient (Wildman–Crippen LogP) is 2.56. The molecule has 1 N–H and O–H groups in total. The number of anilines is 2. The van der Waals surface area contributed by atoms with E-state index < -0.39 is 10.0 Å². The molecular formula is C19H22N2O5S. The van der Waals surface area contributed by atoms with Gasteiger partial charge in [0.2, 0.25) is 10.0 Å². The Kier molecular flexibility index (Phi) is 5.55. The summed E-state index contributed by atoms with van der Waals surface area (Å²) in [5.74, 6) is 0.987. The van der Waals surface area contributed by atoms with Crippen LogP contribution in [-0.4, -0.2) is 40.3 Å². The van der Waals surface area contributed by atoms with Crippen LogP contribution < -0.4 is 19.1 Å². The van der Waals surface area contributed by atoms with E-state index in [-0.39, 0.29) is 18.3 Å². The molecule has 27 heavy (non-hydrogen) atoms. The second kappa shape index (κ2) is 7.87. The average Bonchev–Trinajstić information content (AvgIpc) is 3.01. The van der Waals surface area contributed by atoms with E-state index in [9.17, 15) is 13.2 Å². The Balaban J connectivity index is 1.67. The molecule has 7 nitrogen and oxygen atoms in total. The van der Waals surface area contributed by atoms with Crippen LogP contribution >= 0.6 is 0 Å². The van der Waals surface area contributed by atoms with Crippen LogP contribution in [0.5, 0.6) is 11.5 Å². The van der Waals surface area contributed by atoms with Gasteiger partial charge in [0.15, 0.2) is 6.61 Å². The first-order valence-electron chi connectivity index (χ1n) is 8.57. The second-order valence-electron chi connectivity index (χ2n) is 6.26. The Morgan fingerprint density at radius 3 is 2.67 bits per heavy atom. The van der Waals surface area contributed by atoms with E-state index >= 15 is 0 Å². The van der Waals surface area contributed by atoms with Crippen LogP contribution in [0.1, 0.15) is 12.0 Å². The highest BCUT2D eigenvalue weighted by molar-refractivity contribution is 7.93. The van der Waals surface area contributed by atoms with Gasteiger partial charge in [-0.2, -0.15) is 0 Å². The van der Waals surface area contributed by atoms with Crippen LogP contribution in [0.3, 0.4) is 0 Å². The summed E-state index contributed by atoms with van der Waals surface area (Å²) < 4.78 is 36.2. The Bertz CT molecular complexity index is 943. The number of carbonyl (C=O) groups is 1. The number of rotatable bonds is 6. The Hall–Kier alpha value is -2.74. The molecule has 1 saturated heterocycles. The third-order valence-corrected chi connectivity index (χ3v) is 6.16. The van der Waals surface area contributed by atoms with Crippen molar-refractivity contribution in [2.75, 3.05) is 35.6 Å². The number of methoxy groups -OCH3 is 1. The Morgan fingerprint density at radius 2 is 1.96 bits per heavy atom. The van der Waals surface area contributed by atoms with Gasteiger partial charge < -0.3 is 14.8 Å². The monoisotopic (exact) mass is 390 g/mol. The maximum Gasteiger partial charge on any atom is 0.262 e. The number of hydrogen-bond acceptors (Lipinski definition) is 5. The summed E-state index contributed by atoms with van der Waals surface area (Å²) in [6.45, 7) is 2.14. The molecule has 0 radical (unpaired) electrons. The molecule has 3 rings (SSSR count). The summed E-state index contributed by atoms with van der Waals surface area (Å²) >= 11 is 0. The molecule has 8 heteroatoms. The standard InChI is InChI=1S/C19H22N2O5S/c1-14-7-8-15(21-9-4-10-27(21,23)24)11-18(14)20-19(22)13-26-17-6-3-5-16(12-17)25-2/h3,5-8,11-12H,4,9-10,13H2,1-2H3,(H,20,22). The van der Waals surface area contributed by atoms with Crippen LogP contribution in [0.4, 0.5) is 11.4 Å². The lowest BCUT2D eigenvalue weighted by Crippen LogP contribution is -2.25. The van der Waals surface area contributed by atoms with Gasteiger partial charge in [-0.05, 0) is 43.2 Å². The molecule has 0 bridgehead atoms. The average molecular weight is 390 g/mol. The van der Waals surface area contributed by atoms with E-state index in [2.05, 4.69) is 5.32 Å². The lowest BCUT2D eigenvalue weighted by atomic mass is 10.1. The summed E-state index contributed by atoms with van der Waals surface area (Å²) in [7, 11) is -1.71. The molecule has 1 aliphatic rings. The molecule has 1 amide bonds. The van der Waals surface area contributed by atoms with E-state index in [0.717, 1.165) is 5.56 Å². The number of amides is 1. The number of nitrogens with zero attached hydrogens (tertiary/aromatic N) is 1. The Morgan fingerprint density at radius 1 is 1.19 bits per heavy atom. The van der Waals surface area contributed by atoms with Gasteiger partial charge in [0.1, 0.15) is 11.5 Å². The van der Waals surface area contributed by atoms with Crippen molar-refractivity contribution in [3.63, 3.8) is 0 Å². The molecule has 2 aromatic rings. The largest absolute Gasteiger partial charge is 0.497 e. The smallest absolute Gasteiger partial charge is 0.262 e. The number of aryl methyl sites for hydroxylation is 1. The molecule has 0 aliphatic carbocycles. The zero-order chi connectivity index (χ0) is 19.4. The fourth-order valence-electron chi connectivity index (χ4n) is 2.86. The Labute approximate surface area is 158 Å². The third kappa shape index (κ3) is 4.51. The molecule has 0 aromatic heterocycles. The number of benzene rings is 2. The quantitative estimate of drug-likeness (QED) is 0.819. The highest BCUT2D eigenvalue weighted by Crippen LogP contribution is 2.28. The first kappa shape index (κ1) is 19.0. The molecular weight excluding hydrogens is 368 g/mol. The summed E-state index contributed by atoms with van der Waals surface area (Å²) in [5.41, 5.74) is 1.96. The predicted molar refractivity (Wildman–Crippen MR) is 104 cm³/mol. The molecule has 2 aromatic carbocycles. The zero-order valence-electron chi connectivity index (χ0n) is 15.3. The highest BCUT2D eigenvalue weighted by atomic mass is 32.2. The topological polar surface area (TPSA) is 84.9 Å². The van der Waals surface area contributed by atoms with Gasteiger partial charge in [0.05, 0.1) is 18.6 Å². The summed E-state index contributed by atoms with van der Waals surface area (Å²) in [5, 5.41) is 2.78. The fourth-order valence-corrected chi connectivity index (χ4v) is 4.41. The number of sulfonamides is 1. The molecule has 1 aliphatic heterocycles. The van der Waals surface area contributed by atoms with Gasteiger partial charge >= 0.3 is 0 Å². The van der Waals surface area contributed by atoms with E-state index in [4.69, 9.17) is 9.47 Å². The van der Waals surface area contributed by atoms with Gasteiger partial charge in [-0.3, -0.25) is 9.10 Å². The molecule has 0 unspecified atom stereocenters. The van der Waals surface area contributed by atoms with Crippen molar-refractivity contribution < 1.29 is 22.7 Å². The van der Waals surface area contributed by atoms with Crippen LogP contribution in [0, 0.1) is 6.92 Å². The van der Waals surface area contributed by atoms with Gasteiger partial charge in [-0.1, -0.05) is 12.1 Å².